The van der Waals surface area contributed by atoms with Gasteiger partial charge in [0.05, 0.1) is 5.57 Å². The van der Waals surface area contributed by atoms with Crippen molar-refractivity contribution in [1.82, 2.24) is 4.90 Å². The second kappa shape index (κ2) is 11.9. The first-order valence-electron chi connectivity index (χ1n) is 10.0. The van der Waals surface area contributed by atoms with Gasteiger partial charge in [-0.05, 0) is 37.7 Å². The van der Waals surface area contributed by atoms with Crippen molar-refractivity contribution in [3.63, 3.8) is 0 Å². The largest absolute Gasteiger partial charge is 0.511 e. The minimum atomic E-state index is -4.94. The molecule has 35 heavy (non-hydrogen) atoms. The Morgan fingerprint density at radius 3 is 2.54 bits per heavy atom. The van der Waals surface area contributed by atoms with Crippen molar-refractivity contribution in [1.29, 1.82) is 0 Å². The quantitative estimate of drug-likeness (QED) is 0.193. The standard InChI is InChI=1S/C20H22ClF3N2O9/c1-11-8-14(21)9-13-10-15(17(20(22,23)24)35-16(11)13)18(27)33-12(2)34-19(28)31-6-4-25(3)5-7-32-26(29)30/h8-10,12,17H,4-7H2,1-3H3/t12?,17-/m0/s1. The molecule has 1 aromatic rings. The van der Waals surface area contributed by atoms with Gasteiger partial charge in [-0.1, -0.05) is 11.6 Å². The molecule has 11 nitrogen and oxygen atoms in total. The van der Waals surface area contributed by atoms with E-state index in [0.717, 1.165) is 13.0 Å². The van der Waals surface area contributed by atoms with Gasteiger partial charge in [0, 0.05) is 30.6 Å². The van der Waals surface area contributed by atoms with Crippen LogP contribution in [0.5, 0.6) is 5.75 Å². The smallest absolute Gasteiger partial charge is 0.475 e. The maximum absolute atomic E-state index is 13.6. The summed E-state index contributed by atoms with van der Waals surface area (Å²) in [5.74, 6) is -1.49. The number of benzene rings is 1. The minimum absolute atomic E-state index is 0.0731. The maximum Gasteiger partial charge on any atom is 0.511 e. The second-order valence-corrected chi connectivity index (χ2v) is 7.77. The van der Waals surface area contributed by atoms with Crippen LogP contribution in [0.3, 0.4) is 0 Å². The van der Waals surface area contributed by atoms with Crippen molar-refractivity contribution in [2.24, 2.45) is 0 Å². The molecule has 0 aliphatic carbocycles. The number of rotatable bonds is 10. The molecule has 0 amide bonds. The van der Waals surface area contributed by atoms with E-state index in [2.05, 4.69) is 4.84 Å². The predicted molar refractivity (Wildman–Crippen MR) is 113 cm³/mol. The lowest BCUT2D eigenvalue weighted by atomic mass is 9.99. The first kappa shape index (κ1) is 28.0. The fourth-order valence-electron chi connectivity index (χ4n) is 2.94. The zero-order valence-corrected chi connectivity index (χ0v) is 19.6. The Hall–Kier alpha value is -3.26. The number of hydrogen-bond acceptors (Lipinski definition) is 10. The van der Waals surface area contributed by atoms with E-state index in [-0.39, 0.29) is 42.6 Å². The number of ether oxygens (including phenoxy) is 4. The summed E-state index contributed by atoms with van der Waals surface area (Å²) in [6, 6.07) is 2.76. The van der Waals surface area contributed by atoms with Gasteiger partial charge in [-0.15, -0.1) is 10.1 Å². The molecule has 0 saturated heterocycles. The monoisotopic (exact) mass is 526 g/mol. The van der Waals surface area contributed by atoms with E-state index in [1.165, 1.54) is 19.1 Å². The summed E-state index contributed by atoms with van der Waals surface area (Å²) in [7, 11) is 1.59. The third-order valence-electron chi connectivity index (χ3n) is 4.53. The van der Waals surface area contributed by atoms with Gasteiger partial charge < -0.3 is 28.7 Å². The van der Waals surface area contributed by atoms with E-state index in [1.807, 2.05) is 0 Å². The van der Waals surface area contributed by atoms with E-state index in [1.54, 1.807) is 11.9 Å². The fourth-order valence-corrected chi connectivity index (χ4v) is 3.22. The van der Waals surface area contributed by atoms with Gasteiger partial charge in [0.1, 0.15) is 19.0 Å². The highest BCUT2D eigenvalue weighted by atomic mass is 35.5. The number of hydrogen-bond donors (Lipinski definition) is 0. The van der Waals surface area contributed by atoms with Gasteiger partial charge in [0.25, 0.3) is 5.09 Å². The van der Waals surface area contributed by atoms with Crippen LogP contribution in [0.1, 0.15) is 18.1 Å². The van der Waals surface area contributed by atoms with Crippen LogP contribution in [0.4, 0.5) is 18.0 Å². The SMILES string of the molecule is Cc1cc(Cl)cc2c1O[C@H](C(F)(F)F)C(C(=O)OC(C)OC(=O)OCCN(C)CCO[N+](=O)[O-])=C2. The van der Waals surface area contributed by atoms with Gasteiger partial charge in [-0.2, -0.15) is 13.2 Å². The van der Waals surface area contributed by atoms with E-state index in [0.29, 0.717) is 5.56 Å². The van der Waals surface area contributed by atoms with Crippen LogP contribution >= 0.6 is 11.6 Å². The van der Waals surface area contributed by atoms with E-state index in [9.17, 15) is 32.9 Å². The highest BCUT2D eigenvalue weighted by Crippen LogP contribution is 2.40. The summed E-state index contributed by atoms with van der Waals surface area (Å²) in [6.45, 7) is 2.61. The van der Waals surface area contributed by atoms with Gasteiger partial charge in [-0.3, -0.25) is 0 Å². The van der Waals surface area contributed by atoms with Crippen molar-refractivity contribution >= 4 is 29.8 Å². The predicted octanol–water partition coefficient (Wildman–Crippen LogP) is 3.54. The van der Waals surface area contributed by atoms with Gasteiger partial charge in [0.2, 0.25) is 12.4 Å². The number of likely N-dealkylation sites (N-methyl/N-ethyl adjacent to an activating group) is 1. The van der Waals surface area contributed by atoms with Gasteiger partial charge >= 0.3 is 18.3 Å². The number of aryl methyl sites for hydroxylation is 1. The number of fused-ring (bicyclic) bond motifs is 1. The number of nitrogens with zero attached hydrogens (tertiary/aromatic N) is 2. The molecule has 2 rings (SSSR count). The average molecular weight is 527 g/mol. The summed E-state index contributed by atoms with van der Waals surface area (Å²) >= 11 is 5.94. The van der Waals surface area contributed by atoms with E-state index >= 15 is 0 Å². The number of carbonyl (C=O) groups is 2. The number of halogens is 4. The first-order valence-corrected chi connectivity index (χ1v) is 10.4. The Balaban J connectivity index is 1.94. The van der Waals surface area contributed by atoms with Crippen LogP contribution < -0.4 is 4.74 Å². The van der Waals surface area contributed by atoms with E-state index < -0.39 is 41.4 Å². The summed E-state index contributed by atoms with van der Waals surface area (Å²) in [6.07, 6.45) is -9.40. The molecule has 1 aliphatic rings. The molecule has 1 aliphatic heterocycles. The van der Waals surface area contributed by atoms with Crippen molar-refractivity contribution in [3.05, 3.63) is 44.0 Å². The Labute approximate surface area is 202 Å². The molecule has 0 radical (unpaired) electrons. The summed E-state index contributed by atoms with van der Waals surface area (Å²) in [5, 5.41) is 9.38. The average Bonchev–Trinajstić information content (AvgIpc) is 2.71. The zero-order chi connectivity index (χ0) is 26.3. The fraction of sp³-hybridized carbons (Fsp3) is 0.500. The zero-order valence-electron chi connectivity index (χ0n) is 18.8. The van der Waals surface area contributed by atoms with Crippen molar-refractivity contribution in [2.45, 2.75) is 32.4 Å². The first-order chi connectivity index (χ1) is 16.3. The molecule has 0 fully saturated rings. The summed E-state index contributed by atoms with van der Waals surface area (Å²) in [4.78, 5) is 40.0. The van der Waals surface area contributed by atoms with Crippen LogP contribution in [-0.4, -0.2) is 74.0 Å². The van der Waals surface area contributed by atoms with E-state index in [4.69, 9.17) is 30.5 Å². The molecule has 1 aromatic carbocycles. The molecular weight excluding hydrogens is 505 g/mol. The Bertz CT molecular complexity index is 987. The molecule has 0 saturated carbocycles. The van der Waals surface area contributed by atoms with Crippen LogP contribution in [0.15, 0.2) is 17.7 Å². The highest BCUT2D eigenvalue weighted by Gasteiger charge is 2.49. The number of alkyl halides is 3. The highest BCUT2D eigenvalue weighted by molar-refractivity contribution is 6.30. The van der Waals surface area contributed by atoms with Crippen molar-refractivity contribution in [2.75, 3.05) is 33.4 Å². The van der Waals surface area contributed by atoms with Crippen LogP contribution in [0.2, 0.25) is 5.02 Å². The van der Waals surface area contributed by atoms with Gasteiger partial charge in [0.15, 0.2) is 0 Å². The molecule has 1 unspecified atom stereocenters. The maximum atomic E-state index is 13.6. The van der Waals surface area contributed by atoms with Crippen LogP contribution in [0.25, 0.3) is 6.08 Å². The lowest BCUT2D eigenvalue weighted by molar-refractivity contribution is -0.757. The van der Waals surface area contributed by atoms with Crippen LogP contribution in [-0.2, 0) is 23.8 Å². The summed E-state index contributed by atoms with van der Waals surface area (Å²) < 4.78 is 60.1. The second-order valence-electron chi connectivity index (χ2n) is 7.33. The minimum Gasteiger partial charge on any atom is -0.475 e. The van der Waals surface area contributed by atoms with Gasteiger partial charge in [-0.25, -0.2) is 9.59 Å². The molecule has 1 heterocycles. The molecule has 2 atom stereocenters. The Morgan fingerprint density at radius 1 is 1.26 bits per heavy atom. The number of carbonyl (C=O) groups excluding carboxylic acids is 2. The molecule has 0 aromatic heterocycles. The molecular formula is C20H22ClF3N2O9. The molecule has 15 heteroatoms. The Kier molecular flexibility index (Phi) is 9.54. The Morgan fingerprint density at radius 2 is 1.91 bits per heavy atom. The third kappa shape index (κ3) is 8.47. The third-order valence-corrected chi connectivity index (χ3v) is 4.75. The molecule has 0 N–H and O–H groups in total. The number of esters is 1. The molecule has 0 bridgehead atoms. The van der Waals surface area contributed by atoms with Crippen LogP contribution in [0, 0.1) is 17.0 Å². The van der Waals surface area contributed by atoms with Crippen molar-refractivity contribution < 1.29 is 51.6 Å². The normalized spacial score (nSPS) is 15.9. The lowest BCUT2D eigenvalue weighted by Crippen LogP contribution is -2.41. The molecule has 0 spiro atoms. The topological polar surface area (TPSA) is 127 Å². The summed E-state index contributed by atoms with van der Waals surface area (Å²) in [5.41, 5.74) is -0.349. The lowest BCUT2D eigenvalue weighted by Gasteiger charge is -2.29. The van der Waals surface area contributed by atoms with Crippen molar-refractivity contribution in [3.8, 4) is 5.75 Å². The molecule has 194 valence electrons.